The van der Waals surface area contributed by atoms with Crippen molar-refractivity contribution in [1.29, 1.82) is 0 Å². The molecule has 8 heteroatoms. The number of ether oxygens (including phenoxy) is 3. The molecule has 5 atom stereocenters. The molecule has 1 aromatic heterocycles. The van der Waals surface area contributed by atoms with Gasteiger partial charge in [-0.25, -0.2) is 4.79 Å². The van der Waals surface area contributed by atoms with Crippen molar-refractivity contribution in [2.75, 3.05) is 20.3 Å². The molecule has 2 aliphatic rings. The molecule has 0 spiro atoms. The fourth-order valence-corrected chi connectivity index (χ4v) is 6.72. The van der Waals surface area contributed by atoms with Crippen molar-refractivity contribution >= 4 is 25.6 Å². The first kappa shape index (κ1) is 27.8. The molecule has 34 heavy (non-hydrogen) atoms. The van der Waals surface area contributed by atoms with Crippen LogP contribution in [0.2, 0.25) is 18.1 Å². The van der Waals surface area contributed by atoms with Gasteiger partial charge in [-0.3, -0.25) is 0 Å². The van der Waals surface area contributed by atoms with Gasteiger partial charge in [0.15, 0.2) is 14.6 Å². The van der Waals surface area contributed by atoms with Crippen LogP contribution in [0.1, 0.15) is 73.8 Å². The molecule has 1 aliphatic carbocycles. The van der Waals surface area contributed by atoms with E-state index < -0.39 is 14.4 Å². The van der Waals surface area contributed by atoms with Crippen molar-refractivity contribution in [2.45, 2.75) is 102 Å². The summed E-state index contributed by atoms with van der Waals surface area (Å²) in [6, 6.07) is 3.86. The first-order valence-corrected chi connectivity index (χ1v) is 16.5. The fourth-order valence-electron chi connectivity index (χ4n) is 4.71. The van der Waals surface area contributed by atoms with Crippen LogP contribution in [0.25, 0.3) is 0 Å². The SMILES string of the molecule is COC(=O)c1ccc(CCC[C@@H]2[C@@H](CO[Si](C)(C)C(C)(C)C)[C@H](O)C[C@@H]2OC2CCCCO2)s1. The summed E-state index contributed by atoms with van der Waals surface area (Å²) in [5.74, 6) is 0.0148. The Morgan fingerprint density at radius 1 is 1.24 bits per heavy atom. The van der Waals surface area contributed by atoms with Crippen molar-refractivity contribution in [1.82, 2.24) is 0 Å². The number of methoxy groups -OCH3 is 1. The van der Waals surface area contributed by atoms with E-state index in [2.05, 4.69) is 33.9 Å². The fraction of sp³-hybridized carbons (Fsp3) is 0.808. The van der Waals surface area contributed by atoms with Crippen molar-refractivity contribution in [3.63, 3.8) is 0 Å². The molecule has 0 bridgehead atoms. The highest BCUT2D eigenvalue weighted by Gasteiger charge is 2.46. The maximum Gasteiger partial charge on any atom is 0.348 e. The predicted octanol–water partition coefficient (Wildman–Crippen LogP) is 5.79. The summed E-state index contributed by atoms with van der Waals surface area (Å²) >= 11 is 1.50. The van der Waals surface area contributed by atoms with Gasteiger partial charge in [0, 0.05) is 30.4 Å². The predicted molar refractivity (Wildman–Crippen MR) is 138 cm³/mol. The highest BCUT2D eigenvalue weighted by molar-refractivity contribution is 7.13. The first-order chi connectivity index (χ1) is 16.0. The van der Waals surface area contributed by atoms with E-state index >= 15 is 0 Å². The summed E-state index contributed by atoms with van der Waals surface area (Å²) in [7, 11) is -0.498. The van der Waals surface area contributed by atoms with E-state index in [-0.39, 0.29) is 35.2 Å². The van der Waals surface area contributed by atoms with Gasteiger partial charge < -0.3 is 23.7 Å². The minimum absolute atomic E-state index is 0.0138. The quantitative estimate of drug-likeness (QED) is 0.316. The Morgan fingerprint density at radius 2 is 2.00 bits per heavy atom. The maximum absolute atomic E-state index is 11.8. The maximum atomic E-state index is 11.8. The summed E-state index contributed by atoms with van der Waals surface area (Å²) in [6.07, 6.45) is 6.02. The molecule has 0 aromatic carbocycles. The second-order valence-corrected chi connectivity index (χ2v) is 17.3. The Labute approximate surface area is 210 Å². The van der Waals surface area contributed by atoms with Crippen LogP contribution in [0.4, 0.5) is 0 Å². The Balaban J connectivity index is 1.65. The monoisotopic (exact) mass is 512 g/mol. The summed E-state index contributed by atoms with van der Waals surface area (Å²) in [5, 5.41) is 11.2. The Morgan fingerprint density at radius 3 is 2.65 bits per heavy atom. The second-order valence-electron chi connectivity index (χ2n) is 11.3. The van der Waals surface area contributed by atoms with Crippen LogP contribution in [-0.4, -0.2) is 58.2 Å². The van der Waals surface area contributed by atoms with E-state index in [0.29, 0.717) is 17.9 Å². The van der Waals surface area contributed by atoms with Gasteiger partial charge in [-0.15, -0.1) is 11.3 Å². The molecule has 0 amide bonds. The van der Waals surface area contributed by atoms with Gasteiger partial charge >= 0.3 is 5.97 Å². The van der Waals surface area contributed by atoms with Crippen LogP contribution in [0, 0.1) is 11.8 Å². The summed E-state index contributed by atoms with van der Waals surface area (Å²) in [4.78, 5) is 13.6. The van der Waals surface area contributed by atoms with Gasteiger partial charge in [0.25, 0.3) is 0 Å². The van der Waals surface area contributed by atoms with Gasteiger partial charge in [0.05, 0.1) is 19.3 Å². The van der Waals surface area contributed by atoms with E-state index in [9.17, 15) is 9.90 Å². The lowest BCUT2D eigenvalue weighted by molar-refractivity contribution is -0.196. The number of aliphatic hydroxyl groups excluding tert-OH is 1. The minimum Gasteiger partial charge on any atom is -0.465 e. The zero-order chi connectivity index (χ0) is 24.9. The number of carbonyl (C=O) groups excluding carboxylic acids is 1. The average molecular weight is 513 g/mol. The smallest absolute Gasteiger partial charge is 0.348 e. The van der Waals surface area contributed by atoms with Gasteiger partial charge in [-0.05, 0) is 74.7 Å². The number of thiophene rings is 1. The molecule has 1 aliphatic heterocycles. The molecular weight excluding hydrogens is 468 g/mol. The highest BCUT2D eigenvalue weighted by Crippen LogP contribution is 2.42. The molecule has 1 aromatic rings. The van der Waals surface area contributed by atoms with Crippen LogP contribution < -0.4 is 0 Å². The number of hydrogen-bond acceptors (Lipinski definition) is 7. The molecule has 3 rings (SSSR count). The van der Waals surface area contributed by atoms with E-state index in [1.54, 1.807) is 0 Å². The average Bonchev–Trinajstić information content (AvgIpc) is 3.36. The molecule has 1 unspecified atom stereocenters. The molecule has 1 saturated heterocycles. The van der Waals surface area contributed by atoms with Crippen LogP contribution in [0.5, 0.6) is 0 Å². The topological polar surface area (TPSA) is 74.2 Å². The minimum atomic E-state index is -1.91. The number of rotatable bonds is 10. The second kappa shape index (κ2) is 12.0. The molecule has 1 saturated carbocycles. The van der Waals surface area contributed by atoms with Gasteiger partial charge in [0.2, 0.25) is 0 Å². The summed E-state index contributed by atoms with van der Waals surface area (Å²) in [6.45, 7) is 12.6. The lowest BCUT2D eigenvalue weighted by Crippen LogP contribution is -2.43. The number of hydrogen-bond donors (Lipinski definition) is 1. The molecular formula is C26H44O6SSi. The first-order valence-electron chi connectivity index (χ1n) is 12.8. The molecule has 194 valence electrons. The van der Waals surface area contributed by atoms with E-state index in [1.807, 2.05) is 12.1 Å². The van der Waals surface area contributed by atoms with E-state index in [4.69, 9.17) is 18.6 Å². The molecule has 2 heterocycles. The third-order valence-electron chi connectivity index (χ3n) is 7.91. The van der Waals surface area contributed by atoms with E-state index in [1.165, 1.54) is 23.3 Å². The lowest BCUT2D eigenvalue weighted by atomic mass is 9.89. The molecule has 1 N–H and O–H groups in total. The van der Waals surface area contributed by atoms with Crippen molar-refractivity contribution in [2.24, 2.45) is 11.8 Å². The zero-order valence-electron chi connectivity index (χ0n) is 21.8. The van der Waals surface area contributed by atoms with Crippen LogP contribution in [0.3, 0.4) is 0 Å². The lowest BCUT2D eigenvalue weighted by Gasteiger charge is -2.38. The van der Waals surface area contributed by atoms with Crippen molar-refractivity contribution in [3.05, 3.63) is 21.9 Å². The largest absolute Gasteiger partial charge is 0.465 e. The van der Waals surface area contributed by atoms with Gasteiger partial charge in [-0.2, -0.15) is 0 Å². The number of aliphatic hydroxyl groups is 1. The Bertz CT molecular complexity index is 782. The third-order valence-corrected chi connectivity index (χ3v) is 13.5. The van der Waals surface area contributed by atoms with Gasteiger partial charge in [-0.1, -0.05) is 20.8 Å². The molecule has 2 fully saturated rings. The summed E-state index contributed by atoms with van der Waals surface area (Å²) in [5.41, 5.74) is 0. The van der Waals surface area contributed by atoms with E-state index in [0.717, 1.165) is 45.1 Å². The number of carbonyl (C=O) groups is 1. The third kappa shape index (κ3) is 7.14. The van der Waals surface area contributed by atoms with Crippen molar-refractivity contribution < 1.29 is 28.5 Å². The Hall–Kier alpha value is -0.773. The zero-order valence-corrected chi connectivity index (χ0v) is 23.6. The van der Waals surface area contributed by atoms with Gasteiger partial charge in [0.1, 0.15) is 4.88 Å². The van der Waals surface area contributed by atoms with Crippen LogP contribution in [-0.2, 0) is 25.1 Å². The van der Waals surface area contributed by atoms with Crippen molar-refractivity contribution in [3.8, 4) is 0 Å². The highest BCUT2D eigenvalue weighted by atomic mass is 32.1. The molecule has 0 radical (unpaired) electrons. The van der Waals surface area contributed by atoms with Crippen LogP contribution >= 0.6 is 11.3 Å². The standard InChI is InChI=1S/C26H44O6SSi/c1-26(2,3)34(5,6)31-17-20-19(11-9-10-18-13-14-23(33-18)25(28)29-4)22(16-21(20)27)32-24-12-7-8-15-30-24/h13-14,19-22,24,27H,7-12,15-17H2,1-6H3/t19-,20-,21-,22+,24?/m1/s1. The summed E-state index contributed by atoms with van der Waals surface area (Å²) < 4.78 is 23.7. The Kier molecular flexibility index (Phi) is 9.79. The molecule has 6 nitrogen and oxygen atoms in total. The normalized spacial score (nSPS) is 28.3. The number of aryl methyl sites for hydroxylation is 1. The number of esters is 1. The van der Waals surface area contributed by atoms with Crippen LogP contribution in [0.15, 0.2) is 12.1 Å².